The zero-order chi connectivity index (χ0) is 15.3. The van der Waals surface area contributed by atoms with Gasteiger partial charge in [-0.05, 0) is 73.9 Å². The maximum atomic E-state index is 13.7. The van der Waals surface area contributed by atoms with Crippen LogP contribution in [0.1, 0.15) is 16.7 Å². The van der Waals surface area contributed by atoms with E-state index < -0.39 is 0 Å². The van der Waals surface area contributed by atoms with Crippen molar-refractivity contribution in [3.8, 4) is 5.69 Å². The second-order valence-corrected chi connectivity index (χ2v) is 6.46. The Morgan fingerprint density at radius 2 is 1.67 bits per heavy atom. The first-order chi connectivity index (χ1) is 9.88. The molecule has 0 saturated carbocycles. The molecule has 0 aliphatic heterocycles. The minimum absolute atomic E-state index is 0.228. The molecule has 3 rings (SSSR count). The molecule has 1 heterocycles. The quantitative estimate of drug-likeness (QED) is 0.564. The normalized spacial score (nSPS) is 11.3. The van der Waals surface area contributed by atoms with E-state index in [1.165, 1.54) is 6.07 Å². The van der Waals surface area contributed by atoms with Crippen LogP contribution in [-0.4, -0.2) is 9.55 Å². The fourth-order valence-corrected chi connectivity index (χ4v) is 3.08. The van der Waals surface area contributed by atoms with Crippen molar-refractivity contribution in [2.24, 2.45) is 0 Å². The standard InChI is InChI=1S/C16H14BrFN2S/c1-8-6-14-13(7-12(8)18)19-16(21)20(14)11-4-9(2)15(17)10(3)5-11/h4-7H,1-3H3,(H,19,21). The molecule has 0 atom stereocenters. The van der Waals surface area contributed by atoms with Gasteiger partial charge in [-0.3, -0.25) is 4.57 Å². The Morgan fingerprint density at radius 1 is 1.05 bits per heavy atom. The summed E-state index contributed by atoms with van der Waals surface area (Å²) < 4.78 is 17.3. The van der Waals surface area contributed by atoms with E-state index in [0.29, 0.717) is 15.9 Å². The molecule has 0 bridgehead atoms. The number of H-pyrrole nitrogens is 1. The van der Waals surface area contributed by atoms with Gasteiger partial charge in [0, 0.05) is 10.2 Å². The maximum Gasteiger partial charge on any atom is 0.182 e. The van der Waals surface area contributed by atoms with E-state index in [1.54, 1.807) is 6.92 Å². The topological polar surface area (TPSA) is 20.7 Å². The number of aromatic amines is 1. The van der Waals surface area contributed by atoms with Gasteiger partial charge in [0.05, 0.1) is 11.0 Å². The Bertz CT molecular complexity index is 901. The number of imidazole rings is 1. The molecule has 0 saturated heterocycles. The largest absolute Gasteiger partial charge is 0.330 e. The van der Waals surface area contributed by atoms with E-state index in [1.807, 2.05) is 24.5 Å². The minimum atomic E-state index is -0.228. The number of benzene rings is 2. The van der Waals surface area contributed by atoms with Crippen LogP contribution in [0.5, 0.6) is 0 Å². The predicted octanol–water partition coefficient (Wildman–Crippen LogP) is 5.51. The molecule has 1 N–H and O–H groups in total. The number of aryl methyl sites for hydroxylation is 3. The summed E-state index contributed by atoms with van der Waals surface area (Å²) in [5.74, 6) is -0.228. The van der Waals surface area contributed by atoms with Crippen molar-refractivity contribution < 1.29 is 4.39 Å². The van der Waals surface area contributed by atoms with Gasteiger partial charge in [-0.2, -0.15) is 0 Å². The highest BCUT2D eigenvalue weighted by Gasteiger charge is 2.11. The lowest BCUT2D eigenvalue weighted by atomic mass is 10.1. The third-order valence-corrected chi connectivity index (χ3v) is 5.18. The van der Waals surface area contributed by atoms with Crippen LogP contribution in [0.4, 0.5) is 4.39 Å². The van der Waals surface area contributed by atoms with Gasteiger partial charge in [-0.25, -0.2) is 4.39 Å². The summed E-state index contributed by atoms with van der Waals surface area (Å²) >= 11 is 8.99. The molecule has 2 aromatic carbocycles. The summed E-state index contributed by atoms with van der Waals surface area (Å²) in [4.78, 5) is 3.07. The second-order valence-electron chi connectivity index (χ2n) is 5.28. The Labute approximate surface area is 135 Å². The number of fused-ring (bicyclic) bond motifs is 1. The minimum Gasteiger partial charge on any atom is -0.330 e. The summed E-state index contributed by atoms with van der Waals surface area (Å²) in [5.41, 5.74) is 5.47. The first kappa shape index (κ1) is 14.5. The van der Waals surface area contributed by atoms with E-state index >= 15 is 0 Å². The third kappa shape index (κ3) is 2.34. The van der Waals surface area contributed by atoms with Gasteiger partial charge in [0.1, 0.15) is 5.82 Å². The van der Waals surface area contributed by atoms with Crippen LogP contribution in [0.25, 0.3) is 16.7 Å². The van der Waals surface area contributed by atoms with Gasteiger partial charge in [0.2, 0.25) is 0 Å². The number of halogens is 2. The first-order valence-corrected chi connectivity index (χ1v) is 7.76. The van der Waals surface area contributed by atoms with E-state index in [4.69, 9.17) is 12.2 Å². The summed E-state index contributed by atoms with van der Waals surface area (Å²) in [7, 11) is 0. The van der Waals surface area contributed by atoms with Crippen molar-refractivity contribution in [3.63, 3.8) is 0 Å². The molecular weight excluding hydrogens is 351 g/mol. The predicted molar refractivity (Wildman–Crippen MR) is 90.3 cm³/mol. The van der Waals surface area contributed by atoms with Crippen molar-refractivity contribution in [1.82, 2.24) is 9.55 Å². The number of hydrogen-bond donors (Lipinski definition) is 1. The van der Waals surface area contributed by atoms with Gasteiger partial charge in [-0.15, -0.1) is 0 Å². The second kappa shape index (κ2) is 5.07. The van der Waals surface area contributed by atoms with Gasteiger partial charge in [-0.1, -0.05) is 15.9 Å². The smallest absolute Gasteiger partial charge is 0.182 e. The molecule has 0 unspecified atom stereocenters. The number of nitrogens with zero attached hydrogens (tertiary/aromatic N) is 1. The van der Waals surface area contributed by atoms with Crippen LogP contribution in [0.15, 0.2) is 28.7 Å². The van der Waals surface area contributed by atoms with E-state index in [-0.39, 0.29) is 5.82 Å². The van der Waals surface area contributed by atoms with Crippen molar-refractivity contribution in [3.05, 3.63) is 56.0 Å². The molecule has 0 fully saturated rings. The van der Waals surface area contributed by atoms with Crippen LogP contribution in [0.3, 0.4) is 0 Å². The van der Waals surface area contributed by atoms with Crippen molar-refractivity contribution in [1.29, 1.82) is 0 Å². The highest BCUT2D eigenvalue weighted by molar-refractivity contribution is 9.10. The number of aromatic nitrogens is 2. The fraction of sp³-hybridized carbons (Fsp3) is 0.188. The molecule has 5 heteroatoms. The van der Waals surface area contributed by atoms with Crippen LogP contribution in [0, 0.1) is 31.4 Å². The van der Waals surface area contributed by atoms with E-state index in [9.17, 15) is 4.39 Å². The SMILES string of the molecule is Cc1cc2c(cc1F)[nH]c(=S)n2-c1cc(C)c(Br)c(C)c1. The number of rotatable bonds is 1. The Balaban J connectivity index is 2.37. The van der Waals surface area contributed by atoms with Gasteiger partial charge in [0.15, 0.2) is 4.77 Å². The van der Waals surface area contributed by atoms with Crippen molar-refractivity contribution in [2.45, 2.75) is 20.8 Å². The van der Waals surface area contributed by atoms with Gasteiger partial charge >= 0.3 is 0 Å². The Kier molecular flexibility index (Phi) is 3.50. The Morgan fingerprint density at radius 3 is 2.29 bits per heavy atom. The van der Waals surface area contributed by atoms with Crippen molar-refractivity contribution in [2.75, 3.05) is 0 Å². The van der Waals surface area contributed by atoms with Gasteiger partial charge < -0.3 is 4.98 Å². The number of hydrogen-bond acceptors (Lipinski definition) is 1. The van der Waals surface area contributed by atoms with Crippen LogP contribution in [0.2, 0.25) is 0 Å². The molecule has 108 valence electrons. The lowest BCUT2D eigenvalue weighted by Gasteiger charge is -2.10. The number of nitrogens with one attached hydrogen (secondary N) is 1. The third-order valence-electron chi connectivity index (χ3n) is 3.64. The Hall–Kier alpha value is -1.46. The summed E-state index contributed by atoms with van der Waals surface area (Å²) in [5, 5.41) is 0. The lowest BCUT2D eigenvalue weighted by molar-refractivity contribution is 0.620. The molecule has 0 spiro atoms. The molecule has 0 amide bonds. The molecular formula is C16H14BrFN2S. The molecule has 21 heavy (non-hydrogen) atoms. The van der Waals surface area contributed by atoms with E-state index in [0.717, 1.165) is 26.8 Å². The average molecular weight is 365 g/mol. The molecule has 0 aliphatic rings. The molecule has 2 nitrogen and oxygen atoms in total. The molecule has 0 aliphatic carbocycles. The molecule has 0 radical (unpaired) electrons. The van der Waals surface area contributed by atoms with Gasteiger partial charge in [0.25, 0.3) is 0 Å². The fourth-order valence-electron chi connectivity index (χ4n) is 2.54. The monoisotopic (exact) mass is 364 g/mol. The van der Waals surface area contributed by atoms with Crippen molar-refractivity contribution >= 4 is 39.2 Å². The zero-order valence-corrected chi connectivity index (χ0v) is 14.3. The van der Waals surface area contributed by atoms with Crippen LogP contribution >= 0.6 is 28.1 Å². The summed E-state index contributed by atoms with van der Waals surface area (Å²) in [6, 6.07) is 7.46. The molecule has 1 aromatic heterocycles. The zero-order valence-electron chi connectivity index (χ0n) is 11.9. The first-order valence-electron chi connectivity index (χ1n) is 6.56. The highest BCUT2D eigenvalue weighted by Crippen LogP contribution is 2.28. The average Bonchev–Trinajstić information content (AvgIpc) is 2.71. The summed E-state index contributed by atoms with van der Waals surface area (Å²) in [6.07, 6.45) is 0. The molecule has 3 aromatic rings. The van der Waals surface area contributed by atoms with E-state index in [2.05, 4.69) is 33.0 Å². The van der Waals surface area contributed by atoms with Crippen LogP contribution < -0.4 is 0 Å². The lowest BCUT2D eigenvalue weighted by Crippen LogP contribution is -1.97. The highest BCUT2D eigenvalue weighted by atomic mass is 79.9. The van der Waals surface area contributed by atoms with Crippen LogP contribution in [-0.2, 0) is 0 Å². The maximum absolute atomic E-state index is 13.7. The summed E-state index contributed by atoms with van der Waals surface area (Å²) in [6.45, 7) is 5.85.